The highest BCUT2D eigenvalue weighted by molar-refractivity contribution is 5.83. The first kappa shape index (κ1) is 15.0. The van der Waals surface area contributed by atoms with Crippen molar-refractivity contribution in [3.63, 3.8) is 0 Å². The van der Waals surface area contributed by atoms with Crippen LogP contribution in [0.2, 0.25) is 0 Å². The van der Waals surface area contributed by atoms with Crippen LogP contribution in [0.4, 0.5) is 4.39 Å². The lowest BCUT2D eigenvalue weighted by Crippen LogP contribution is -1.99. The smallest absolute Gasteiger partial charge is 0.154 e. The lowest BCUT2D eigenvalue weighted by atomic mass is 9.96. The summed E-state index contributed by atoms with van der Waals surface area (Å²) in [6, 6.07) is 16.3. The van der Waals surface area contributed by atoms with Gasteiger partial charge in [0.1, 0.15) is 17.7 Å². The molecule has 120 valence electrons. The molecule has 2 heterocycles. The van der Waals surface area contributed by atoms with E-state index in [9.17, 15) is 5.26 Å². The molecule has 2 aromatic carbocycles. The summed E-state index contributed by atoms with van der Waals surface area (Å²) in [6.07, 6.45) is 2.82. The van der Waals surface area contributed by atoms with Crippen LogP contribution in [-0.4, -0.2) is 9.97 Å². The topological polar surface area (TPSA) is 62.7 Å². The van der Waals surface area contributed by atoms with Crippen molar-refractivity contribution in [3.05, 3.63) is 83.9 Å². The fraction of sp³-hybridized carbons (Fsp3) is 0.0500. The van der Waals surface area contributed by atoms with Crippen LogP contribution >= 0.6 is 0 Å². The summed E-state index contributed by atoms with van der Waals surface area (Å²) in [4.78, 5) is 7.75. The van der Waals surface area contributed by atoms with Crippen LogP contribution in [0.15, 0.2) is 71.7 Å². The van der Waals surface area contributed by atoms with Crippen LogP contribution in [0.5, 0.6) is 0 Å². The number of para-hydroxylation sites is 1. The van der Waals surface area contributed by atoms with Gasteiger partial charge in [-0.05, 0) is 24.3 Å². The predicted octanol–water partition coefficient (Wildman–Crippen LogP) is 4.82. The van der Waals surface area contributed by atoms with Gasteiger partial charge in [-0.25, -0.2) is 14.4 Å². The van der Waals surface area contributed by atoms with E-state index >= 15 is 4.39 Å². The Morgan fingerprint density at radius 3 is 2.60 bits per heavy atom. The Hall–Kier alpha value is -3.52. The molecule has 4 nitrogen and oxygen atoms in total. The number of alkyl halides is 1. The number of nitriles is 1. The second-order valence-corrected chi connectivity index (χ2v) is 5.60. The summed E-state index contributed by atoms with van der Waals surface area (Å²) >= 11 is 0. The molecule has 25 heavy (non-hydrogen) atoms. The van der Waals surface area contributed by atoms with Crippen molar-refractivity contribution in [3.8, 4) is 17.4 Å². The standard InChI is InChI=1S/C20H12FN3O/c21-20(15-10-23-12-24-11-15)16-6-5-13(9-22)7-17(16)19-8-14-3-1-2-4-18(14)25-19/h1-8,10-12,20H. The van der Waals surface area contributed by atoms with Crippen LogP contribution in [0.3, 0.4) is 0 Å². The molecule has 0 bridgehead atoms. The Morgan fingerprint density at radius 1 is 1.04 bits per heavy atom. The molecule has 0 aliphatic rings. The monoisotopic (exact) mass is 329 g/mol. The number of hydrogen-bond donors (Lipinski definition) is 0. The van der Waals surface area contributed by atoms with E-state index in [0.717, 1.165) is 5.39 Å². The lowest BCUT2D eigenvalue weighted by Gasteiger charge is -2.12. The number of halogens is 1. The molecule has 5 heteroatoms. The maximum absolute atomic E-state index is 15.1. The summed E-state index contributed by atoms with van der Waals surface area (Å²) in [5.74, 6) is 0.521. The zero-order chi connectivity index (χ0) is 17.2. The van der Waals surface area contributed by atoms with Crippen molar-refractivity contribution in [1.29, 1.82) is 5.26 Å². The van der Waals surface area contributed by atoms with E-state index in [2.05, 4.69) is 16.0 Å². The third-order valence-corrected chi connectivity index (χ3v) is 4.02. The highest BCUT2D eigenvalue weighted by atomic mass is 19.1. The van der Waals surface area contributed by atoms with Gasteiger partial charge in [-0.15, -0.1) is 0 Å². The van der Waals surface area contributed by atoms with Crippen LogP contribution in [-0.2, 0) is 0 Å². The normalized spacial score (nSPS) is 12.0. The molecule has 4 aromatic rings. The van der Waals surface area contributed by atoms with E-state index in [0.29, 0.717) is 33.6 Å². The minimum Gasteiger partial charge on any atom is -0.456 e. The fourth-order valence-electron chi connectivity index (χ4n) is 2.80. The van der Waals surface area contributed by atoms with Gasteiger partial charge in [0, 0.05) is 34.5 Å². The van der Waals surface area contributed by atoms with Gasteiger partial charge in [0.2, 0.25) is 0 Å². The molecule has 0 saturated carbocycles. The molecule has 0 amide bonds. The van der Waals surface area contributed by atoms with Gasteiger partial charge in [0.15, 0.2) is 6.17 Å². The van der Waals surface area contributed by atoms with Crippen LogP contribution in [0.1, 0.15) is 22.9 Å². The molecule has 0 saturated heterocycles. The van der Waals surface area contributed by atoms with E-state index in [-0.39, 0.29) is 0 Å². The highest BCUT2D eigenvalue weighted by Crippen LogP contribution is 2.37. The molecular weight excluding hydrogens is 317 g/mol. The van der Waals surface area contributed by atoms with Gasteiger partial charge in [0.05, 0.1) is 11.6 Å². The molecule has 4 rings (SSSR count). The van der Waals surface area contributed by atoms with Crippen molar-refractivity contribution in [2.24, 2.45) is 0 Å². The number of nitrogens with zero attached hydrogens (tertiary/aromatic N) is 3. The van der Waals surface area contributed by atoms with Crippen LogP contribution in [0, 0.1) is 11.3 Å². The molecule has 0 fully saturated rings. The number of furan rings is 1. The third-order valence-electron chi connectivity index (χ3n) is 4.02. The summed E-state index contributed by atoms with van der Waals surface area (Å²) in [5, 5.41) is 10.1. The van der Waals surface area contributed by atoms with E-state index in [1.54, 1.807) is 18.2 Å². The molecule has 1 atom stereocenters. The van der Waals surface area contributed by atoms with Gasteiger partial charge >= 0.3 is 0 Å². The first-order valence-electron chi connectivity index (χ1n) is 7.68. The highest BCUT2D eigenvalue weighted by Gasteiger charge is 2.20. The predicted molar refractivity (Wildman–Crippen MR) is 91.3 cm³/mol. The minimum atomic E-state index is -1.42. The maximum atomic E-state index is 15.1. The Labute approximate surface area is 143 Å². The van der Waals surface area contributed by atoms with Crippen molar-refractivity contribution < 1.29 is 8.81 Å². The molecule has 0 aliphatic carbocycles. The van der Waals surface area contributed by atoms with E-state index in [1.807, 2.05) is 30.3 Å². The quantitative estimate of drug-likeness (QED) is 0.540. The number of fused-ring (bicyclic) bond motifs is 1. The summed E-state index contributed by atoms with van der Waals surface area (Å²) < 4.78 is 21.0. The Morgan fingerprint density at radius 2 is 1.84 bits per heavy atom. The van der Waals surface area contributed by atoms with Gasteiger partial charge in [0.25, 0.3) is 0 Å². The first-order valence-corrected chi connectivity index (χ1v) is 7.68. The summed E-state index contributed by atoms with van der Waals surface area (Å²) in [7, 11) is 0. The van der Waals surface area contributed by atoms with E-state index in [4.69, 9.17) is 4.42 Å². The van der Waals surface area contributed by atoms with Crippen LogP contribution in [0.25, 0.3) is 22.3 Å². The largest absolute Gasteiger partial charge is 0.456 e. The fourth-order valence-corrected chi connectivity index (χ4v) is 2.80. The molecule has 1 unspecified atom stereocenters. The summed E-state index contributed by atoms with van der Waals surface area (Å²) in [5.41, 5.74) is 2.46. The third kappa shape index (κ3) is 2.74. The SMILES string of the molecule is N#Cc1ccc(C(F)c2cncnc2)c(-c2cc3ccccc3o2)c1. The minimum absolute atomic E-state index is 0.351. The van der Waals surface area contributed by atoms with Crippen molar-refractivity contribution >= 4 is 11.0 Å². The number of hydrogen-bond acceptors (Lipinski definition) is 4. The zero-order valence-corrected chi connectivity index (χ0v) is 13.1. The number of benzene rings is 2. The second kappa shape index (κ2) is 6.17. The Balaban J connectivity index is 1.89. The zero-order valence-electron chi connectivity index (χ0n) is 13.1. The van der Waals surface area contributed by atoms with Gasteiger partial charge in [-0.3, -0.25) is 0 Å². The Bertz CT molecular complexity index is 1050. The second-order valence-electron chi connectivity index (χ2n) is 5.60. The van der Waals surface area contributed by atoms with Gasteiger partial charge in [-0.2, -0.15) is 5.26 Å². The van der Waals surface area contributed by atoms with Crippen molar-refractivity contribution in [2.75, 3.05) is 0 Å². The molecule has 0 aliphatic heterocycles. The molecule has 0 N–H and O–H groups in total. The maximum Gasteiger partial charge on any atom is 0.154 e. The van der Waals surface area contributed by atoms with Gasteiger partial charge < -0.3 is 4.42 Å². The average Bonchev–Trinajstić information content (AvgIpc) is 3.11. The van der Waals surface area contributed by atoms with E-state index in [1.165, 1.54) is 18.7 Å². The molecular formula is C20H12FN3O. The average molecular weight is 329 g/mol. The van der Waals surface area contributed by atoms with Gasteiger partial charge in [-0.1, -0.05) is 24.3 Å². The van der Waals surface area contributed by atoms with Crippen molar-refractivity contribution in [1.82, 2.24) is 9.97 Å². The van der Waals surface area contributed by atoms with Crippen LogP contribution < -0.4 is 0 Å². The number of rotatable bonds is 3. The molecule has 2 aromatic heterocycles. The number of aromatic nitrogens is 2. The first-order chi connectivity index (χ1) is 12.3. The molecule has 0 spiro atoms. The van der Waals surface area contributed by atoms with Crippen molar-refractivity contribution in [2.45, 2.75) is 6.17 Å². The van der Waals surface area contributed by atoms with E-state index < -0.39 is 6.17 Å². The molecule has 0 radical (unpaired) electrons. The lowest BCUT2D eigenvalue weighted by molar-refractivity contribution is 0.400. The Kier molecular flexibility index (Phi) is 3.71. The summed E-state index contributed by atoms with van der Waals surface area (Å²) in [6.45, 7) is 0.